The second-order valence-electron chi connectivity index (χ2n) is 3.81. The van der Waals surface area contributed by atoms with Gasteiger partial charge in [0.25, 0.3) is 5.56 Å². The maximum atomic E-state index is 10.9. The van der Waals surface area contributed by atoms with E-state index in [1.54, 1.807) is 18.2 Å². The van der Waals surface area contributed by atoms with Crippen molar-refractivity contribution in [3.63, 3.8) is 0 Å². The molecule has 1 aromatic carbocycles. The third kappa shape index (κ3) is 2.11. The van der Waals surface area contributed by atoms with Crippen LogP contribution in [0.5, 0.6) is 0 Å². The summed E-state index contributed by atoms with van der Waals surface area (Å²) < 4.78 is 0.767. The van der Waals surface area contributed by atoms with Crippen molar-refractivity contribution >= 4 is 27.5 Å². The van der Waals surface area contributed by atoms with E-state index >= 15 is 0 Å². The molecular weight excluding hydrogens is 266 g/mol. The van der Waals surface area contributed by atoms with Gasteiger partial charge in [0, 0.05) is 6.07 Å². The largest absolute Gasteiger partial charge is 0.478 e. The van der Waals surface area contributed by atoms with E-state index in [-0.39, 0.29) is 11.1 Å². The third-order valence-corrected chi connectivity index (χ3v) is 3.57. The number of carboxylic acid groups (broad SMARTS) is 1. The van der Waals surface area contributed by atoms with Crippen LogP contribution in [0.1, 0.15) is 10.4 Å². The Balaban J connectivity index is 2.13. The van der Waals surface area contributed by atoms with E-state index in [9.17, 15) is 9.59 Å². The van der Waals surface area contributed by atoms with Crippen LogP contribution in [0, 0.1) is 0 Å². The lowest BCUT2D eigenvalue weighted by Gasteiger charge is -1.91. The smallest absolute Gasteiger partial charge is 0.335 e. The molecule has 6 nitrogen and oxygen atoms in total. The number of carbonyl (C=O) groups is 1. The van der Waals surface area contributed by atoms with E-state index in [2.05, 4.69) is 15.2 Å². The van der Waals surface area contributed by atoms with Crippen molar-refractivity contribution in [1.29, 1.82) is 0 Å². The lowest BCUT2D eigenvalue weighted by molar-refractivity contribution is 0.0697. The van der Waals surface area contributed by atoms with Gasteiger partial charge in [0.05, 0.1) is 15.8 Å². The molecule has 0 aliphatic carbocycles. The maximum absolute atomic E-state index is 10.9. The van der Waals surface area contributed by atoms with Gasteiger partial charge in [-0.2, -0.15) is 5.10 Å². The maximum Gasteiger partial charge on any atom is 0.335 e. The number of nitrogens with one attached hydrogen (secondary N) is 1. The van der Waals surface area contributed by atoms with Crippen LogP contribution in [0.3, 0.4) is 0 Å². The summed E-state index contributed by atoms with van der Waals surface area (Å²) >= 11 is 1.33. The molecular formula is C12H7N3O3S. The van der Waals surface area contributed by atoms with Gasteiger partial charge in [0.15, 0.2) is 0 Å². The highest BCUT2D eigenvalue weighted by atomic mass is 32.1. The van der Waals surface area contributed by atoms with Crippen molar-refractivity contribution in [3.8, 4) is 10.7 Å². The highest BCUT2D eigenvalue weighted by Crippen LogP contribution is 2.29. The number of aromatic nitrogens is 3. The Bertz CT molecular complexity index is 817. The van der Waals surface area contributed by atoms with E-state index in [1.807, 2.05) is 0 Å². The minimum absolute atomic E-state index is 0.220. The molecule has 2 aromatic heterocycles. The average Bonchev–Trinajstić information content (AvgIpc) is 2.82. The predicted octanol–water partition coefficient (Wildman–Crippen LogP) is 1.74. The van der Waals surface area contributed by atoms with Gasteiger partial charge in [-0.15, -0.1) is 11.3 Å². The average molecular weight is 273 g/mol. The molecule has 0 amide bonds. The van der Waals surface area contributed by atoms with Gasteiger partial charge in [-0.3, -0.25) is 4.79 Å². The number of benzene rings is 1. The van der Waals surface area contributed by atoms with Gasteiger partial charge >= 0.3 is 5.97 Å². The minimum atomic E-state index is -0.973. The molecule has 2 N–H and O–H groups in total. The zero-order valence-electron chi connectivity index (χ0n) is 9.45. The van der Waals surface area contributed by atoms with Crippen molar-refractivity contribution in [2.24, 2.45) is 0 Å². The predicted molar refractivity (Wildman–Crippen MR) is 70.4 cm³/mol. The lowest BCUT2D eigenvalue weighted by Crippen LogP contribution is -2.05. The number of fused-ring (bicyclic) bond motifs is 1. The zero-order chi connectivity index (χ0) is 13.4. The Morgan fingerprint density at radius 2 is 2.11 bits per heavy atom. The number of hydrogen-bond donors (Lipinski definition) is 2. The summed E-state index contributed by atoms with van der Waals surface area (Å²) in [6.45, 7) is 0. The van der Waals surface area contributed by atoms with Crippen LogP contribution in [0.2, 0.25) is 0 Å². The van der Waals surface area contributed by atoms with Crippen molar-refractivity contribution < 1.29 is 9.90 Å². The van der Waals surface area contributed by atoms with Crippen LogP contribution in [0.15, 0.2) is 35.1 Å². The van der Waals surface area contributed by atoms with E-state index < -0.39 is 5.97 Å². The Morgan fingerprint density at radius 3 is 2.79 bits per heavy atom. The molecule has 0 radical (unpaired) electrons. The van der Waals surface area contributed by atoms with E-state index in [1.165, 1.54) is 23.5 Å². The lowest BCUT2D eigenvalue weighted by atomic mass is 10.2. The van der Waals surface area contributed by atoms with Crippen LogP contribution in [-0.4, -0.2) is 26.3 Å². The second-order valence-corrected chi connectivity index (χ2v) is 4.84. The summed E-state index contributed by atoms with van der Waals surface area (Å²) in [5.74, 6) is -0.973. The normalized spacial score (nSPS) is 10.7. The molecule has 0 saturated carbocycles. The number of nitrogens with zero attached hydrogens (tertiary/aromatic N) is 2. The van der Waals surface area contributed by atoms with Crippen molar-refractivity contribution in [2.45, 2.75) is 0 Å². The Kier molecular flexibility index (Phi) is 2.60. The standard InChI is InChI=1S/C12H7N3O3S/c16-10-4-3-8(14-15-10)11-13-7-2-1-6(12(17)18)5-9(7)19-11/h1-5H,(H,15,16)(H,17,18). The van der Waals surface area contributed by atoms with Crippen molar-refractivity contribution in [2.75, 3.05) is 0 Å². The van der Waals surface area contributed by atoms with Gasteiger partial charge in [-0.25, -0.2) is 14.9 Å². The molecule has 0 unspecified atom stereocenters. The van der Waals surface area contributed by atoms with Crippen LogP contribution in [0.25, 0.3) is 20.9 Å². The SMILES string of the molecule is O=C(O)c1ccc2nc(-c3ccc(=O)[nH]n3)sc2c1. The topological polar surface area (TPSA) is 95.9 Å². The molecule has 0 aliphatic rings. The molecule has 0 fully saturated rings. The van der Waals surface area contributed by atoms with E-state index in [0.29, 0.717) is 16.2 Å². The monoisotopic (exact) mass is 273 g/mol. The molecule has 0 bridgehead atoms. The molecule has 3 rings (SSSR count). The fourth-order valence-corrected chi connectivity index (χ4v) is 2.61. The highest BCUT2D eigenvalue weighted by Gasteiger charge is 2.10. The minimum Gasteiger partial charge on any atom is -0.478 e. The van der Waals surface area contributed by atoms with Crippen LogP contribution in [0.4, 0.5) is 0 Å². The first-order chi connectivity index (χ1) is 9.13. The number of aromatic amines is 1. The number of hydrogen-bond acceptors (Lipinski definition) is 5. The molecule has 2 heterocycles. The fraction of sp³-hybridized carbons (Fsp3) is 0. The van der Waals surface area contributed by atoms with Gasteiger partial charge < -0.3 is 5.11 Å². The second kappa shape index (κ2) is 4.29. The Hall–Kier alpha value is -2.54. The molecule has 0 saturated heterocycles. The van der Waals surface area contributed by atoms with Gasteiger partial charge in [-0.05, 0) is 24.3 Å². The van der Waals surface area contributed by atoms with Gasteiger partial charge in [0.1, 0.15) is 10.7 Å². The third-order valence-electron chi connectivity index (χ3n) is 2.53. The Morgan fingerprint density at radius 1 is 1.26 bits per heavy atom. The summed E-state index contributed by atoms with van der Waals surface area (Å²) in [6.07, 6.45) is 0. The quantitative estimate of drug-likeness (QED) is 0.741. The summed E-state index contributed by atoms with van der Waals surface area (Å²) in [6, 6.07) is 7.69. The van der Waals surface area contributed by atoms with E-state index in [0.717, 1.165) is 4.70 Å². The molecule has 0 aliphatic heterocycles. The molecule has 0 spiro atoms. The molecule has 3 aromatic rings. The molecule has 94 valence electrons. The summed E-state index contributed by atoms with van der Waals surface area (Å²) in [5, 5.41) is 15.8. The van der Waals surface area contributed by atoms with Crippen molar-refractivity contribution in [1.82, 2.24) is 15.2 Å². The first-order valence-electron chi connectivity index (χ1n) is 5.33. The molecule has 7 heteroatoms. The highest BCUT2D eigenvalue weighted by molar-refractivity contribution is 7.21. The first kappa shape index (κ1) is 11.5. The number of carboxylic acids is 1. The Labute approximate surface area is 110 Å². The zero-order valence-corrected chi connectivity index (χ0v) is 10.3. The molecule has 0 atom stereocenters. The van der Waals surface area contributed by atoms with E-state index in [4.69, 9.17) is 5.11 Å². The van der Waals surface area contributed by atoms with Gasteiger partial charge in [-0.1, -0.05) is 0 Å². The summed E-state index contributed by atoms with van der Waals surface area (Å²) in [7, 11) is 0. The summed E-state index contributed by atoms with van der Waals surface area (Å²) in [5.41, 5.74) is 1.20. The molecule has 19 heavy (non-hydrogen) atoms. The number of H-pyrrole nitrogens is 1. The number of thiazole rings is 1. The fourth-order valence-electron chi connectivity index (χ4n) is 1.63. The number of rotatable bonds is 2. The van der Waals surface area contributed by atoms with Crippen molar-refractivity contribution in [3.05, 3.63) is 46.2 Å². The number of aromatic carboxylic acids is 1. The first-order valence-corrected chi connectivity index (χ1v) is 6.15. The van der Waals surface area contributed by atoms with Gasteiger partial charge in [0.2, 0.25) is 0 Å². The van der Waals surface area contributed by atoms with Crippen LogP contribution in [-0.2, 0) is 0 Å². The van der Waals surface area contributed by atoms with Crippen LogP contribution < -0.4 is 5.56 Å². The van der Waals surface area contributed by atoms with Crippen LogP contribution >= 0.6 is 11.3 Å². The summed E-state index contributed by atoms with van der Waals surface area (Å²) in [4.78, 5) is 26.2.